The van der Waals surface area contributed by atoms with Gasteiger partial charge in [-0.3, -0.25) is 4.90 Å². The van der Waals surface area contributed by atoms with Crippen LogP contribution in [-0.4, -0.2) is 67.5 Å². The van der Waals surface area contributed by atoms with E-state index in [2.05, 4.69) is 4.90 Å². The van der Waals surface area contributed by atoms with Crippen molar-refractivity contribution in [1.82, 2.24) is 9.21 Å². The molecule has 210 valence electrons. The van der Waals surface area contributed by atoms with E-state index >= 15 is 0 Å². The average molecular weight is 565 g/mol. The van der Waals surface area contributed by atoms with Crippen molar-refractivity contribution < 1.29 is 39.9 Å². The van der Waals surface area contributed by atoms with Gasteiger partial charge in [0.1, 0.15) is 0 Å². The monoisotopic (exact) mass is 564 g/mol. The van der Waals surface area contributed by atoms with Gasteiger partial charge in [0.2, 0.25) is 10.0 Å². The lowest BCUT2D eigenvalue weighted by atomic mass is 9.74. The van der Waals surface area contributed by atoms with Crippen molar-refractivity contribution in [3.8, 4) is 11.1 Å². The Bertz CT molecular complexity index is 1290. The Kier molecular flexibility index (Phi) is 6.78. The van der Waals surface area contributed by atoms with Crippen LogP contribution >= 0.6 is 0 Å². The largest absolute Gasteiger partial charge is 0.430 e. The fourth-order valence-corrected chi connectivity index (χ4v) is 6.37. The molecule has 0 saturated carbocycles. The molecule has 38 heavy (non-hydrogen) atoms. The quantitative estimate of drug-likeness (QED) is 0.517. The standard InChI is InChI=1S/C26H30F6N2O3S/c1-22(2,3)21-11-17(12-33-13-23(14-33)15-34(16-23)38(4,36)37)5-10-20(21)18-6-8-19(9-7-18)24(35,25(27,28)29)26(30,31)32/h5-11,35H,12-16H2,1-4H3. The van der Waals surface area contributed by atoms with Crippen LogP contribution in [-0.2, 0) is 27.6 Å². The second-order valence-electron chi connectivity index (χ2n) is 11.6. The summed E-state index contributed by atoms with van der Waals surface area (Å²) in [6.45, 7) is 9.09. The Morgan fingerprint density at radius 1 is 0.868 bits per heavy atom. The van der Waals surface area contributed by atoms with Crippen LogP contribution in [0.2, 0.25) is 0 Å². The lowest BCUT2D eigenvalue weighted by Gasteiger charge is -2.59. The summed E-state index contributed by atoms with van der Waals surface area (Å²) in [4.78, 5) is 2.21. The van der Waals surface area contributed by atoms with Crippen molar-refractivity contribution in [2.45, 2.75) is 50.7 Å². The Hall–Kier alpha value is -2.15. The minimum absolute atomic E-state index is 0.00756. The van der Waals surface area contributed by atoms with Gasteiger partial charge in [0.15, 0.2) is 0 Å². The topological polar surface area (TPSA) is 60.9 Å². The molecule has 2 aliphatic rings. The molecule has 0 aromatic heterocycles. The van der Waals surface area contributed by atoms with E-state index < -0.39 is 33.5 Å². The molecule has 2 saturated heterocycles. The van der Waals surface area contributed by atoms with Gasteiger partial charge in [-0.1, -0.05) is 63.2 Å². The molecule has 1 spiro atoms. The number of aliphatic hydroxyl groups is 1. The maximum atomic E-state index is 13.3. The summed E-state index contributed by atoms with van der Waals surface area (Å²) < 4.78 is 104. The molecule has 2 fully saturated rings. The molecular formula is C26H30F6N2O3S. The number of halogens is 6. The molecule has 0 radical (unpaired) electrons. The second-order valence-corrected chi connectivity index (χ2v) is 13.6. The SMILES string of the molecule is CC(C)(C)c1cc(CN2CC3(C2)CN(S(C)(=O)=O)C3)ccc1-c1ccc(C(O)(C(F)(F)F)C(F)(F)F)cc1. The van der Waals surface area contributed by atoms with Gasteiger partial charge in [-0.2, -0.15) is 26.3 Å². The first-order valence-electron chi connectivity index (χ1n) is 11.9. The Labute approximate surface area is 218 Å². The molecule has 5 nitrogen and oxygen atoms in total. The molecule has 0 bridgehead atoms. The van der Waals surface area contributed by atoms with Crippen LogP contribution in [0.3, 0.4) is 0 Å². The van der Waals surface area contributed by atoms with Crippen LogP contribution in [0.4, 0.5) is 26.3 Å². The van der Waals surface area contributed by atoms with Gasteiger partial charge in [-0.05, 0) is 27.7 Å². The maximum Gasteiger partial charge on any atom is 0.430 e. The van der Waals surface area contributed by atoms with Crippen molar-refractivity contribution in [2.24, 2.45) is 5.41 Å². The number of hydrogen-bond acceptors (Lipinski definition) is 4. The maximum absolute atomic E-state index is 13.3. The van der Waals surface area contributed by atoms with E-state index in [0.29, 0.717) is 42.9 Å². The molecule has 2 aromatic rings. The Morgan fingerprint density at radius 2 is 1.39 bits per heavy atom. The zero-order valence-electron chi connectivity index (χ0n) is 21.4. The summed E-state index contributed by atoms with van der Waals surface area (Å²) in [6, 6.07) is 9.29. The summed E-state index contributed by atoms with van der Waals surface area (Å²) in [7, 11) is -3.18. The van der Waals surface area contributed by atoms with Crippen LogP contribution < -0.4 is 0 Å². The molecular weight excluding hydrogens is 534 g/mol. The van der Waals surface area contributed by atoms with Crippen molar-refractivity contribution in [3.63, 3.8) is 0 Å². The van der Waals surface area contributed by atoms with E-state index in [9.17, 15) is 39.9 Å². The third-order valence-corrected chi connectivity index (χ3v) is 8.54. The van der Waals surface area contributed by atoms with E-state index in [-0.39, 0.29) is 10.8 Å². The van der Waals surface area contributed by atoms with Crippen LogP contribution in [0.25, 0.3) is 11.1 Å². The minimum atomic E-state index is -5.94. The fraction of sp³-hybridized carbons (Fsp3) is 0.538. The van der Waals surface area contributed by atoms with E-state index in [4.69, 9.17) is 0 Å². The summed E-state index contributed by atoms with van der Waals surface area (Å²) >= 11 is 0. The number of sulfonamides is 1. The normalized spacial score (nSPS) is 19.3. The van der Waals surface area contributed by atoms with Gasteiger partial charge < -0.3 is 5.11 Å². The predicted molar refractivity (Wildman–Crippen MR) is 131 cm³/mol. The van der Waals surface area contributed by atoms with Crippen molar-refractivity contribution in [3.05, 3.63) is 59.2 Å². The first-order chi connectivity index (χ1) is 17.2. The van der Waals surface area contributed by atoms with E-state index in [0.717, 1.165) is 36.3 Å². The number of rotatable bonds is 5. The van der Waals surface area contributed by atoms with Crippen molar-refractivity contribution in [1.29, 1.82) is 0 Å². The van der Waals surface area contributed by atoms with Gasteiger partial charge in [0.25, 0.3) is 5.60 Å². The van der Waals surface area contributed by atoms with E-state index in [1.807, 2.05) is 32.9 Å². The predicted octanol–water partition coefficient (Wildman–Crippen LogP) is 5.04. The smallest absolute Gasteiger partial charge is 0.369 e. The number of alkyl halides is 6. The van der Waals surface area contributed by atoms with Gasteiger partial charge in [0, 0.05) is 43.7 Å². The minimum Gasteiger partial charge on any atom is -0.369 e. The third kappa shape index (κ3) is 5.07. The number of likely N-dealkylation sites (tertiary alicyclic amines) is 1. The summed E-state index contributed by atoms with van der Waals surface area (Å²) in [6.07, 6.45) is -10.7. The van der Waals surface area contributed by atoms with Crippen LogP contribution in [0, 0.1) is 5.41 Å². The first-order valence-corrected chi connectivity index (χ1v) is 13.8. The highest BCUT2D eigenvalue weighted by Gasteiger charge is 2.71. The molecule has 12 heteroatoms. The second kappa shape index (κ2) is 8.94. The molecule has 0 amide bonds. The number of benzene rings is 2. The Morgan fingerprint density at radius 3 is 1.84 bits per heavy atom. The lowest BCUT2D eigenvalue weighted by Crippen LogP contribution is -2.72. The summed E-state index contributed by atoms with van der Waals surface area (Å²) in [5.74, 6) is 0. The van der Waals surface area contributed by atoms with Crippen molar-refractivity contribution >= 4 is 10.0 Å². The highest BCUT2D eigenvalue weighted by molar-refractivity contribution is 7.88. The molecule has 2 aliphatic heterocycles. The zero-order chi connectivity index (χ0) is 28.5. The zero-order valence-corrected chi connectivity index (χ0v) is 22.2. The highest BCUT2D eigenvalue weighted by atomic mass is 32.2. The number of hydrogen-bond donors (Lipinski definition) is 1. The molecule has 1 N–H and O–H groups in total. The summed E-state index contributed by atoms with van der Waals surface area (Å²) in [5, 5.41) is 9.68. The lowest BCUT2D eigenvalue weighted by molar-refractivity contribution is -0.376. The van der Waals surface area contributed by atoms with Crippen molar-refractivity contribution in [2.75, 3.05) is 32.4 Å². The molecule has 4 rings (SSSR count). The Balaban J connectivity index is 1.55. The molecule has 0 unspecified atom stereocenters. The van der Waals surface area contributed by atoms with Gasteiger partial charge in [-0.25, -0.2) is 12.7 Å². The third-order valence-electron chi connectivity index (χ3n) is 7.34. The van der Waals surface area contributed by atoms with E-state index in [1.165, 1.54) is 10.6 Å². The van der Waals surface area contributed by atoms with Gasteiger partial charge in [-0.15, -0.1) is 0 Å². The molecule has 0 aliphatic carbocycles. The molecule has 2 heterocycles. The molecule has 2 aromatic carbocycles. The number of nitrogens with zero attached hydrogens (tertiary/aromatic N) is 2. The van der Waals surface area contributed by atoms with Crippen LogP contribution in [0.5, 0.6) is 0 Å². The fourth-order valence-electron chi connectivity index (χ4n) is 5.35. The average Bonchev–Trinajstić information content (AvgIpc) is 2.70. The molecule has 0 atom stereocenters. The summed E-state index contributed by atoms with van der Waals surface area (Å²) in [5.41, 5.74) is -3.71. The van der Waals surface area contributed by atoms with Gasteiger partial charge >= 0.3 is 12.4 Å². The van der Waals surface area contributed by atoms with E-state index in [1.54, 1.807) is 6.07 Å². The van der Waals surface area contributed by atoms with Crippen LogP contribution in [0.1, 0.15) is 37.5 Å². The first kappa shape index (κ1) is 28.8. The van der Waals surface area contributed by atoms with Crippen LogP contribution in [0.15, 0.2) is 42.5 Å². The van der Waals surface area contributed by atoms with Gasteiger partial charge in [0.05, 0.1) is 6.26 Å². The highest BCUT2D eigenvalue weighted by Crippen LogP contribution is 2.50.